The molecule has 0 radical (unpaired) electrons. The predicted molar refractivity (Wildman–Crippen MR) is 79.6 cm³/mol. The van der Waals surface area contributed by atoms with Gasteiger partial charge in [0.05, 0.1) is 6.54 Å². The molecule has 0 bridgehead atoms. The maximum atomic E-state index is 11.5. The van der Waals surface area contributed by atoms with Gasteiger partial charge < -0.3 is 20.7 Å². The van der Waals surface area contributed by atoms with Gasteiger partial charge in [-0.25, -0.2) is 4.79 Å². The first kappa shape index (κ1) is 18.7. The van der Waals surface area contributed by atoms with Crippen molar-refractivity contribution in [1.82, 2.24) is 16.0 Å². The monoisotopic (exact) mass is 287 g/mol. The van der Waals surface area contributed by atoms with Crippen LogP contribution in [0.25, 0.3) is 0 Å². The average Bonchev–Trinajstić information content (AvgIpc) is 2.17. The van der Waals surface area contributed by atoms with E-state index in [-0.39, 0.29) is 18.0 Å². The highest BCUT2D eigenvalue weighted by atomic mass is 16.6. The predicted octanol–water partition coefficient (Wildman–Crippen LogP) is 1.41. The summed E-state index contributed by atoms with van der Waals surface area (Å²) < 4.78 is 5.10. The Morgan fingerprint density at radius 3 is 2.10 bits per heavy atom. The molecule has 0 saturated carbocycles. The van der Waals surface area contributed by atoms with Crippen LogP contribution < -0.4 is 16.0 Å². The number of hydrogen-bond donors (Lipinski definition) is 3. The van der Waals surface area contributed by atoms with Crippen molar-refractivity contribution < 1.29 is 14.3 Å². The van der Waals surface area contributed by atoms with Crippen molar-refractivity contribution >= 4 is 12.0 Å². The van der Waals surface area contributed by atoms with Gasteiger partial charge in [0.15, 0.2) is 0 Å². The zero-order valence-electron chi connectivity index (χ0n) is 13.6. The second-order valence-corrected chi connectivity index (χ2v) is 6.76. The second kappa shape index (κ2) is 8.09. The van der Waals surface area contributed by atoms with Crippen molar-refractivity contribution in [2.45, 2.75) is 59.1 Å². The number of alkyl carbamates (subject to hydrolysis) is 1. The average molecular weight is 287 g/mol. The lowest BCUT2D eigenvalue weighted by Crippen LogP contribution is -2.45. The zero-order valence-corrected chi connectivity index (χ0v) is 13.6. The van der Waals surface area contributed by atoms with Gasteiger partial charge in [0.2, 0.25) is 5.91 Å². The van der Waals surface area contributed by atoms with Crippen molar-refractivity contribution in [2.75, 3.05) is 19.6 Å². The van der Waals surface area contributed by atoms with Crippen LogP contribution in [0.1, 0.15) is 48.0 Å². The highest BCUT2D eigenvalue weighted by Gasteiger charge is 2.15. The Morgan fingerprint density at radius 2 is 1.60 bits per heavy atom. The van der Waals surface area contributed by atoms with Crippen LogP contribution in [0.4, 0.5) is 4.79 Å². The Balaban J connectivity index is 3.54. The minimum atomic E-state index is -0.479. The van der Waals surface area contributed by atoms with E-state index in [0.29, 0.717) is 13.1 Å². The molecule has 3 N–H and O–H groups in total. The van der Waals surface area contributed by atoms with E-state index in [1.807, 2.05) is 41.5 Å². The first-order chi connectivity index (χ1) is 8.99. The van der Waals surface area contributed by atoms with E-state index in [4.69, 9.17) is 4.74 Å². The molecule has 0 aliphatic heterocycles. The molecule has 20 heavy (non-hydrogen) atoms. The largest absolute Gasteiger partial charge is 0.444 e. The quantitative estimate of drug-likeness (QED) is 0.645. The molecule has 0 heterocycles. The Labute approximate surface area is 122 Å². The van der Waals surface area contributed by atoms with E-state index in [9.17, 15) is 9.59 Å². The molecule has 0 spiro atoms. The molecule has 0 aromatic rings. The van der Waals surface area contributed by atoms with E-state index in [1.165, 1.54) is 0 Å². The van der Waals surface area contributed by atoms with Gasteiger partial charge >= 0.3 is 6.09 Å². The van der Waals surface area contributed by atoms with Gasteiger partial charge in [0, 0.05) is 12.1 Å². The van der Waals surface area contributed by atoms with Gasteiger partial charge in [0.1, 0.15) is 5.60 Å². The lowest BCUT2D eigenvalue weighted by atomic mass is 10.1. The summed E-state index contributed by atoms with van der Waals surface area (Å²) in [7, 11) is 0. The van der Waals surface area contributed by atoms with Gasteiger partial charge in [-0.2, -0.15) is 0 Å². The molecule has 0 aliphatic rings. The van der Waals surface area contributed by atoms with Crippen molar-refractivity contribution in [3.8, 4) is 0 Å². The minimum Gasteiger partial charge on any atom is -0.444 e. The molecule has 118 valence electrons. The summed E-state index contributed by atoms with van der Waals surface area (Å²) in [6.07, 6.45) is 0.324. The Bertz CT molecular complexity index is 285. The Morgan fingerprint density at radius 1 is 1.00 bits per heavy atom. The first-order valence-corrected chi connectivity index (χ1v) is 6.98. The molecule has 0 aromatic heterocycles. The molecular formula is C14H29N3O3. The van der Waals surface area contributed by atoms with E-state index in [2.05, 4.69) is 16.0 Å². The molecule has 0 aromatic carbocycles. The number of hydrogen-bond acceptors (Lipinski definition) is 4. The third-order valence-corrected chi connectivity index (χ3v) is 2.00. The third kappa shape index (κ3) is 13.1. The summed E-state index contributed by atoms with van der Waals surface area (Å²) in [4.78, 5) is 22.8. The highest BCUT2D eigenvalue weighted by Crippen LogP contribution is 2.06. The fourth-order valence-electron chi connectivity index (χ4n) is 1.38. The van der Waals surface area contributed by atoms with Crippen LogP contribution in [-0.2, 0) is 9.53 Å². The summed E-state index contributed by atoms with van der Waals surface area (Å²) in [6.45, 7) is 12.7. The SMILES string of the molecule is CC(C)(C)NC(=O)CNCCCNC(=O)OC(C)(C)C. The van der Waals surface area contributed by atoms with Crippen molar-refractivity contribution in [3.63, 3.8) is 0 Å². The lowest BCUT2D eigenvalue weighted by molar-refractivity contribution is -0.121. The number of rotatable bonds is 6. The Hall–Kier alpha value is -1.30. The summed E-state index contributed by atoms with van der Waals surface area (Å²) in [5.41, 5.74) is -0.690. The highest BCUT2D eigenvalue weighted by molar-refractivity contribution is 5.78. The first-order valence-electron chi connectivity index (χ1n) is 6.98. The molecule has 0 saturated heterocycles. The number of carbonyl (C=O) groups excluding carboxylic acids is 2. The van der Waals surface area contributed by atoms with Crippen molar-refractivity contribution in [2.24, 2.45) is 0 Å². The minimum absolute atomic E-state index is 0.0300. The van der Waals surface area contributed by atoms with Crippen LogP contribution in [0.2, 0.25) is 0 Å². The van der Waals surface area contributed by atoms with E-state index < -0.39 is 11.7 Å². The molecular weight excluding hydrogens is 258 g/mol. The Kier molecular flexibility index (Phi) is 7.57. The number of amides is 2. The molecule has 2 amide bonds. The molecule has 6 heteroatoms. The smallest absolute Gasteiger partial charge is 0.407 e. The van der Waals surface area contributed by atoms with Gasteiger partial charge in [-0.3, -0.25) is 4.79 Å². The summed E-state index contributed by atoms with van der Waals surface area (Å²) >= 11 is 0. The fraction of sp³-hybridized carbons (Fsp3) is 0.857. The van der Waals surface area contributed by atoms with Gasteiger partial charge in [-0.15, -0.1) is 0 Å². The number of ether oxygens (including phenoxy) is 1. The molecule has 0 rings (SSSR count). The molecule has 6 nitrogen and oxygen atoms in total. The molecule has 0 unspecified atom stereocenters. The maximum absolute atomic E-state index is 11.5. The van der Waals surface area contributed by atoms with Crippen LogP contribution in [-0.4, -0.2) is 42.8 Å². The van der Waals surface area contributed by atoms with Crippen molar-refractivity contribution in [1.29, 1.82) is 0 Å². The van der Waals surface area contributed by atoms with Crippen LogP contribution in [0, 0.1) is 0 Å². The summed E-state index contributed by atoms with van der Waals surface area (Å²) in [5.74, 6) is -0.0300. The summed E-state index contributed by atoms with van der Waals surface area (Å²) in [5, 5.41) is 8.55. The maximum Gasteiger partial charge on any atom is 0.407 e. The van der Waals surface area contributed by atoms with E-state index in [0.717, 1.165) is 6.42 Å². The van der Waals surface area contributed by atoms with Crippen LogP contribution in [0.15, 0.2) is 0 Å². The van der Waals surface area contributed by atoms with E-state index >= 15 is 0 Å². The second-order valence-electron chi connectivity index (χ2n) is 6.76. The fourth-order valence-corrected chi connectivity index (χ4v) is 1.38. The van der Waals surface area contributed by atoms with Gasteiger partial charge in [-0.05, 0) is 54.5 Å². The number of nitrogens with one attached hydrogen (secondary N) is 3. The van der Waals surface area contributed by atoms with E-state index in [1.54, 1.807) is 0 Å². The van der Waals surface area contributed by atoms with Gasteiger partial charge in [0.25, 0.3) is 0 Å². The van der Waals surface area contributed by atoms with Crippen molar-refractivity contribution in [3.05, 3.63) is 0 Å². The van der Waals surface area contributed by atoms with Crippen LogP contribution in [0.5, 0.6) is 0 Å². The molecule has 0 fully saturated rings. The standard InChI is InChI=1S/C14H29N3O3/c1-13(2,3)17-11(18)10-15-8-7-9-16-12(19)20-14(4,5)6/h15H,7-10H2,1-6H3,(H,16,19)(H,17,18). The molecule has 0 aliphatic carbocycles. The van der Waals surface area contributed by atoms with Crippen LogP contribution >= 0.6 is 0 Å². The summed E-state index contributed by atoms with van der Waals surface area (Å²) in [6, 6.07) is 0. The topological polar surface area (TPSA) is 79.5 Å². The zero-order chi connectivity index (χ0) is 15.8. The lowest BCUT2D eigenvalue weighted by Gasteiger charge is -2.20. The number of carbonyl (C=O) groups is 2. The third-order valence-electron chi connectivity index (χ3n) is 2.00. The molecule has 0 atom stereocenters. The van der Waals surface area contributed by atoms with Crippen LogP contribution in [0.3, 0.4) is 0 Å². The normalized spacial score (nSPS) is 11.9. The van der Waals surface area contributed by atoms with Gasteiger partial charge in [-0.1, -0.05) is 0 Å².